The Kier molecular flexibility index (Phi) is 10.6. The van der Waals surface area contributed by atoms with Gasteiger partial charge < -0.3 is 30.2 Å². The van der Waals surface area contributed by atoms with Gasteiger partial charge in [-0.1, -0.05) is 13.8 Å². The third-order valence-corrected chi connectivity index (χ3v) is 7.40. The van der Waals surface area contributed by atoms with Crippen molar-refractivity contribution in [2.75, 3.05) is 26.1 Å². The number of rotatable bonds is 13. The molecule has 1 aliphatic rings. The lowest BCUT2D eigenvalue weighted by Gasteiger charge is -2.26. The van der Waals surface area contributed by atoms with Gasteiger partial charge in [0.2, 0.25) is 0 Å². The molecule has 16 nitrogen and oxygen atoms in total. The minimum atomic E-state index is -4.41. The van der Waals surface area contributed by atoms with E-state index in [2.05, 4.69) is 24.8 Å². The molecule has 17 heteroatoms. The maximum absolute atomic E-state index is 13.7. The van der Waals surface area contributed by atoms with Gasteiger partial charge in [-0.25, -0.2) is 29.4 Å². The zero-order valence-electron chi connectivity index (χ0n) is 23.2. The standard InChI is InChI=1S/C23H37N6O10P/c1-11(2)7-14(23(33)38-12(3)4)28-40(34,37-9-16(30)35-6)36-8-15-18(31)19(32)22(39-15)29-10-25-17-20(24)26-13(5)27-21(17)29/h10-12,14-15,18-19,22,31-32H,7-9H2,1-6H3,(H,28,34)(H2,24,26,27)/t14-,15+,18-,19?,22+,40?/m0/s1. The van der Waals surface area contributed by atoms with Crippen molar-refractivity contribution in [2.24, 2.45) is 5.92 Å². The average Bonchev–Trinajstić information content (AvgIpc) is 3.41. The molecule has 1 aliphatic heterocycles. The number of anilines is 1. The van der Waals surface area contributed by atoms with E-state index in [4.69, 9.17) is 24.3 Å². The molecule has 40 heavy (non-hydrogen) atoms. The number of hydrogen-bond acceptors (Lipinski definition) is 14. The van der Waals surface area contributed by atoms with Gasteiger partial charge in [0.15, 0.2) is 24.3 Å². The summed E-state index contributed by atoms with van der Waals surface area (Å²) >= 11 is 0. The molecule has 0 spiro atoms. The van der Waals surface area contributed by atoms with Crippen molar-refractivity contribution in [3.8, 4) is 0 Å². The topological polar surface area (TPSA) is 219 Å². The van der Waals surface area contributed by atoms with Crippen LogP contribution in [0, 0.1) is 12.8 Å². The van der Waals surface area contributed by atoms with Gasteiger partial charge in [-0.15, -0.1) is 0 Å². The van der Waals surface area contributed by atoms with Crippen LogP contribution in [-0.4, -0.2) is 92.5 Å². The van der Waals surface area contributed by atoms with Crippen LogP contribution >= 0.6 is 7.75 Å². The summed E-state index contributed by atoms with van der Waals surface area (Å²) in [7, 11) is -3.29. The number of carbonyl (C=O) groups is 2. The maximum Gasteiger partial charge on any atom is 0.406 e. The Morgan fingerprint density at radius 3 is 2.52 bits per heavy atom. The quantitative estimate of drug-likeness (QED) is 0.186. The number of carbonyl (C=O) groups excluding carboxylic acids is 2. The highest BCUT2D eigenvalue weighted by atomic mass is 31.2. The highest BCUT2D eigenvalue weighted by molar-refractivity contribution is 7.51. The number of hydrogen-bond donors (Lipinski definition) is 4. The minimum Gasteiger partial charge on any atom is -0.467 e. The predicted octanol–water partition coefficient (Wildman–Crippen LogP) is 0.606. The number of nitrogens with one attached hydrogen (secondary N) is 1. The second kappa shape index (κ2) is 13.3. The fraction of sp³-hybridized carbons (Fsp3) is 0.696. The van der Waals surface area contributed by atoms with Crippen molar-refractivity contribution < 1.29 is 47.6 Å². The summed E-state index contributed by atoms with van der Waals surface area (Å²) < 4.78 is 41.5. The van der Waals surface area contributed by atoms with E-state index in [0.29, 0.717) is 5.82 Å². The summed E-state index contributed by atoms with van der Waals surface area (Å²) in [4.78, 5) is 36.9. The number of esters is 2. The first-order valence-electron chi connectivity index (χ1n) is 12.7. The molecule has 6 atom stereocenters. The van der Waals surface area contributed by atoms with Gasteiger partial charge in [-0.3, -0.25) is 18.4 Å². The Morgan fingerprint density at radius 1 is 1.20 bits per heavy atom. The molecule has 224 valence electrons. The SMILES string of the molecule is COC(=O)COP(=O)(N[C@@H](CC(C)C)C(=O)OC(C)C)OC[C@H]1O[C@@H](n2cnc3c(N)nc(C)nc32)C(O)[C@H]1O. The number of imidazole rings is 1. The molecule has 2 aromatic heterocycles. The number of methoxy groups -OCH3 is 1. The molecule has 3 rings (SSSR count). The molecule has 5 N–H and O–H groups in total. The molecule has 2 unspecified atom stereocenters. The number of ether oxygens (including phenoxy) is 3. The fourth-order valence-corrected chi connectivity index (χ4v) is 5.43. The van der Waals surface area contributed by atoms with Gasteiger partial charge in [0, 0.05) is 0 Å². The smallest absolute Gasteiger partial charge is 0.406 e. The van der Waals surface area contributed by atoms with E-state index in [9.17, 15) is 24.4 Å². The molecule has 0 bridgehead atoms. The van der Waals surface area contributed by atoms with Crippen molar-refractivity contribution in [3.05, 3.63) is 12.2 Å². The van der Waals surface area contributed by atoms with E-state index in [1.807, 2.05) is 13.8 Å². The Morgan fingerprint density at radius 2 is 1.90 bits per heavy atom. The van der Waals surface area contributed by atoms with Crippen LogP contribution in [0.3, 0.4) is 0 Å². The van der Waals surface area contributed by atoms with Gasteiger partial charge in [-0.2, -0.15) is 0 Å². The van der Waals surface area contributed by atoms with Crippen LogP contribution in [0.15, 0.2) is 6.33 Å². The molecule has 0 radical (unpaired) electrons. The first kappa shape index (κ1) is 31.8. The molecule has 2 aromatic rings. The Bertz CT molecular complexity index is 1240. The normalized spacial score (nSPS) is 23.4. The summed E-state index contributed by atoms with van der Waals surface area (Å²) in [5.74, 6) is -1.05. The van der Waals surface area contributed by atoms with E-state index in [0.717, 1.165) is 7.11 Å². The van der Waals surface area contributed by atoms with Crippen LogP contribution in [0.25, 0.3) is 11.2 Å². The van der Waals surface area contributed by atoms with Crippen molar-refractivity contribution >= 4 is 36.7 Å². The largest absolute Gasteiger partial charge is 0.467 e. The maximum atomic E-state index is 13.7. The highest BCUT2D eigenvalue weighted by Crippen LogP contribution is 2.46. The third-order valence-electron chi connectivity index (χ3n) is 5.82. The van der Waals surface area contributed by atoms with Crippen molar-refractivity contribution in [1.82, 2.24) is 24.6 Å². The highest BCUT2D eigenvalue weighted by Gasteiger charge is 2.46. The Balaban J connectivity index is 1.80. The van der Waals surface area contributed by atoms with Gasteiger partial charge >= 0.3 is 19.7 Å². The number of nitrogens with zero attached hydrogens (tertiary/aromatic N) is 4. The number of fused-ring (bicyclic) bond motifs is 1. The lowest BCUT2D eigenvalue weighted by atomic mass is 10.0. The second-order valence-corrected chi connectivity index (χ2v) is 11.7. The van der Waals surface area contributed by atoms with Gasteiger partial charge in [0.25, 0.3) is 0 Å². The van der Waals surface area contributed by atoms with E-state index < -0.39 is 69.6 Å². The van der Waals surface area contributed by atoms with Gasteiger partial charge in [0.05, 0.1) is 26.1 Å². The van der Waals surface area contributed by atoms with E-state index >= 15 is 0 Å². The minimum absolute atomic E-state index is 0.0198. The summed E-state index contributed by atoms with van der Waals surface area (Å²) in [6, 6.07) is -1.11. The molecule has 1 saturated heterocycles. The van der Waals surface area contributed by atoms with Crippen LogP contribution in [0.4, 0.5) is 5.82 Å². The second-order valence-electron chi connectivity index (χ2n) is 9.97. The van der Waals surface area contributed by atoms with Crippen molar-refractivity contribution in [3.63, 3.8) is 0 Å². The van der Waals surface area contributed by atoms with Crippen LogP contribution in [0.1, 0.15) is 46.2 Å². The zero-order valence-corrected chi connectivity index (χ0v) is 24.1. The molecule has 0 aliphatic carbocycles. The number of aryl methyl sites for hydroxylation is 1. The summed E-state index contributed by atoms with van der Waals surface area (Å²) in [5, 5.41) is 24.0. The molecule has 1 fully saturated rings. The third kappa shape index (κ3) is 7.72. The predicted molar refractivity (Wildman–Crippen MR) is 140 cm³/mol. The van der Waals surface area contributed by atoms with Gasteiger partial charge in [0.1, 0.15) is 35.7 Å². The number of nitrogens with two attached hydrogens (primary N) is 1. The van der Waals surface area contributed by atoms with Crippen LogP contribution in [-0.2, 0) is 37.4 Å². The van der Waals surface area contributed by atoms with Crippen molar-refractivity contribution in [2.45, 2.75) is 77.7 Å². The fourth-order valence-electron chi connectivity index (χ4n) is 3.99. The average molecular weight is 589 g/mol. The monoisotopic (exact) mass is 588 g/mol. The molecule has 0 saturated carbocycles. The van der Waals surface area contributed by atoms with Crippen LogP contribution in [0.5, 0.6) is 0 Å². The van der Waals surface area contributed by atoms with Crippen LogP contribution < -0.4 is 10.8 Å². The van der Waals surface area contributed by atoms with Gasteiger partial charge in [-0.05, 0) is 33.1 Å². The number of aliphatic hydroxyl groups is 2. The molecule has 3 heterocycles. The van der Waals surface area contributed by atoms with E-state index in [-0.39, 0.29) is 29.3 Å². The molecular weight excluding hydrogens is 551 g/mol. The number of aromatic nitrogens is 4. The van der Waals surface area contributed by atoms with E-state index in [1.165, 1.54) is 10.9 Å². The summed E-state index contributed by atoms with van der Waals surface area (Å²) in [6.07, 6.45) is -4.20. The molecule has 0 amide bonds. The first-order chi connectivity index (χ1) is 18.7. The Hall–Kier alpha value is -2.72. The Labute approximate surface area is 231 Å². The molecule has 0 aromatic carbocycles. The molecular formula is C23H37N6O10P. The number of aliphatic hydroxyl groups excluding tert-OH is 2. The number of nitrogen functional groups attached to an aromatic ring is 1. The lowest BCUT2D eigenvalue weighted by molar-refractivity contribution is -0.150. The van der Waals surface area contributed by atoms with Crippen molar-refractivity contribution in [1.29, 1.82) is 0 Å². The zero-order chi connectivity index (χ0) is 29.8. The lowest BCUT2D eigenvalue weighted by Crippen LogP contribution is -2.40. The van der Waals surface area contributed by atoms with Crippen LogP contribution in [0.2, 0.25) is 0 Å². The summed E-state index contributed by atoms with van der Waals surface area (Å²) in [5.41, 5.74) is 6.47. The van der Waals surface area contributed by atoms with E-state index in [1.54, 1.807) is 20.8 Å². The first-order valence-corrected chi connectivity index (χ1v) is 14.2. The summed E-state index contributed by atoms with van der Waals surface area (Å²) in [6.45, 7) is 7.35.